The molecule has 1 aliphatic rings. The van der Waals surface area contributed by atoms with Crippen LogP contribution in [-0.2, 0) is 6.42 Å². The van der Waals surface area contributed by atoms with Crippen molar-refractivity contribution in [2.24, 2.45) is 0 Å². The second-order valence-electron chi connectivity index (χ2n) is 5.06. The smallest absolute Gasteiger partial charge is 0.231 e. The predicted octanol–water partition coefficient (Wildman–Crippen LogP) is 3.23. The Labute approximate surface area is 128 Å². The first-order chi connectivity index (χ1) is 10.8. The van der Waals surface area contributed by atoms with Gasteiger partial charge >= 0.3 is 0 Å². The van der Waals surface area contributed by atoms with Gasteiger partial charge in [0.2, 0.25) is 6.79 Å². The highest BCUT2D eigenvalue weighted by Gasteiger charge is 2.16. The highest BCUT2D eigenvalue weighted by atomic mass is 16.7. The van der Waals surface area contributed by atoms with Crippen molar-refractivity contribution < 1.29 is 9.47 Å². The maximum atomic E-state index is 5.44. The molecular weight excluding hydrogens is 278 g/mol. The van der Waals surface area contributed by atoms with E-state index in [1.807, 2.05) is 41.2 Å². The molecule has 5 heteroatoms. The Morgan fingerprint density at radius 3 is 2.82 bits per heavy atom. The Morgan fingerprint density at radius 1 is 1.09 bits per heavy atom. The van der Waals surface area contributed by atoms with E-state index in [0.29, 0.717) is 0 Å². The van der Waals surface area contributed by atoms with Gasteiger partial charge in [-0.25, -0.2) is 4.98 Å². The molecule has 22 heavy (non-hydrogen) atoms. The largest absolute Gasteiger partial charge is 0.454 e. The number of imidazole rings is 1. The van der Waals surface area contributed by atoms with Gasteiger partial charge in [-0.3, -0.25) is 9.55 Å². The summed E-state index contributed by atoms with van der Waals surface area (Å²) in [7, 11) is 0. The lowest BCUT2D eigenvalue weighted by molar-refractivity contribution is 0.174. The fourth-order valence-corrected chi connectivity index (χ4v) is 2.50. The Bertz CT molecular complexity index is 809. The second-order valence-corrected chi connectivity index (χ2v) is 5.06. The number of ether oxygens (including phenoxy) is 2. The van der Waals surface area contributed by atoms with Crippen LogP contribution < -0.4 is 9.47 Å². The molecule has 0 saturated carbocycles. The molecule has 0 unspecified atom stereocenters. The highest BCUT2D eigenvalue weighted by Crippen LogP contribution is 2.34. The average Bonchev–Trinajstić information content (AvgIpc) is 3.23. The van der Waals surface area contributed by atoms with Gasteiger partial charge in [-0.15, -0.1) is 0 Å². The van der Waals surface area contributed by atoms with E-state index in [1.54, 1.807) is 6.20 Å². The van der Waals surface area contributed by atoms with Gasteiger partial charge in [0, 0.05) is 24.7 Å². The molecule has 0 saturated heterocycles. The van der Waals surface area contributed by atoms with Crippen LogP contribution in [-0.4, -0.2) is 21.3 Å². The van der Waals surface area contributed by atoms with E-state index in [9.17, 15) is 0 Å². The Kier molecular flexibility index (Phi) is 3.04. The summed E-state index contributed by atoms with van der Waals surface area (Å²) in [6, 6.07) is 9.94. The lowest BCUT2D eigenvalue weighted by atomic mass is 10.2. The summed E-state index contributed by atoms with van der Waals surface area (Å²) < 4.78 is 12.8. The molecule has 0 fully saturated rings. The van der Waals surface area contributed by atoms with Crippen LogP contribution in [0, 0.1) is 0 Å². The maximum absolute atomic E-state index is 5.44. The van der Waals surface area contributed by atoms with Crippen molar-refractivity contribution in [3.8, 4) is 28.7 Å². The highest BCUT2D eigenvalue weighted by molar-refractivity contribution is 5.57. The number of fused-ring (bicyclic) bond motifs is 1. The summed E-state index contributed by atoms with van der Waals surface area (Å²) in [5.41, 5.74) is 3.03. The molecular formula is C17H15N3O2. The number of pyridine rings is 1. The number of aryl methyl sites for hydroxylation is 1. The van der Waals surface area contributed by atoms with Crippen LogP contribution in [0.15, 0.2) is 48.9 Å². The Hall–Kier alpha value is -2.82. The summed E-state index contributed by atoms with van der Waals surface area (Å²) in [6.45, 7) is 2.39. The number of rotatable bonds is 3. The third kappa shape index (κ3) is 2.11. The normalized spacial score (nSPS) is 12.6. The molecule has 5 nitrogen and oxygen atoms in total. The summed E-state index contributed by atoms with van der Waals surface area (Å²) in [4.78, 5) is 8.95. The first kappa shape index (κ1) is 12.9. The molecule has 0 N–H and O–H groups in total. The number of nitrogens with zero attached hydrogens (tertiary/aromatic N) is 3. The number of aromatic nitrogens is 3. The quantitative estimate of drug-likeness (QED) is 0.744. The maximum Gasteiger partial charge on any atom is 0.231 e. The van der Waals surface area contributed by atoms with E-state index < -0.39 is 0 Å². The van der Waals surface area contributed by atoms with Gasteiger partial charge in [-0.2, -0.15) is 0 Å². The summed E-state index contributed by atoms with van der Waals surface area (Å²) in [5.74, 6) is 2.34. The molecule has 1 aliphatic heterocycles. The van der Waals surface area contributed by atoms with Gasteiger partial charge in [0.25, 0.3) is 0 Å². The third-order valence-electron chi connectivity index (χ3n) is 3.74. The van der Waals surface area contributed by atoms with Gasteiger partial charge in [0.05, 0.1) is 5.69 Å². The third-order valence-corrected chi connectivity index (χ3v) is 3.74. The Balaban J connectivity index is 1.76. The Morgan fingerprint density at radius 2 is 2.00 bits per heavy atom. The molecule has 3 aromatic rings. The van der Waals surface area contributed by atoms with Crippen molar-refractivity contribution in [3.63, 3.8) is 0 Å². The van der Waals surface area contributed by atoms with E-state index in [4.69, 9.17) is 9.47 Å². The molecule has 0 atom stereocenters. The SMILES string of the molecule is CCc1ccc(-c2nccn2-c2ccc3c(c2)OCO3)nc1. The molecule has 0 radical (unpaired) electrons. The summed E-state index contributed by atoms with van der Waals surface area (Å²) in [5, 5.41) is 0. The van der Waals surface area contributed by atoms with Crippen LogP contribution in [0.4, 0.5) is 0 Å². The van der Waals surface area contributed by atoms with Crippen molar-refractivity contribution in [2.45, 2.75) is 13.3 Å². The van der Waals surface area contributed by atoms with Crippen molar-refractivity contribution in [3.05, 3.63) is 54.5 Å². The van der Waals surface area contributed by atoms with E-state index in [-0.39, 0.29) is 6.79 Å². The molecule has 0 aliphatic carbocycles. The average molecular weight is 293 g/mol. The zero-order valence-electron chi connectivity index (χ0n) is 12.2. The van der Waals surface area contributed by atoms with E-state index in [2.05, 4.69) is 23.0 Å². The zero-order valence-corrected chi connectivity index (χ0v) is 12.2. The van der Waals surface area contributed by atoms with Crippen molar-refractivity contribution in [2.75, 3.05) is 6.79 Å². The van der Waals surface area contributed by atoms with Crippen molar-refractivity contribution in [1.29, 1.82) is 0 Å². The van der Waals surface area contributed by atoms with Crippen LogP contribution in [0.2, 0.25) is 0 Å². The van der Waals surface area contributed by atoms with Crippen LogP contribution in [0.25, 0.3) is 17.2 Å². The standard InChI is InChI=1S/C17H15N3O2/c1-2-12-3-5-14(19-10-12)17-18-7-8-20(17)13-4-6-15-16(9-13)22-11-21-15/h3-10H,2,11H2,1H3. The number of benzene rings is 1. The first-order valence-electron chi connectivity index (χ1n) is 7.24. The molecule has 4 rings (SSSR count). The van der Waals surface area contributed by atoms with Gasteiger partial charge < -0.3 is 9.47 Å². The van der Waals surface area contributed by atoms with E-state index in [1.165, 1.54) is 5.56 Å². The fraction of sp³-hybridized carbons (Fsp3) is 0.176. The van der Waals surface area contributed by atoms with E-state index in [0.717, 1.165) is 35.1 Å². The molecule has 3 heterocycles. The molecule has 0 spiro atoms. The van der Waals surface area contributed by atoms with Gasteiger partial charge in [0.1, 0.15) is 5.69 Å². The minimum absolute atomic E-state index is 0.273. The monoisotopic (exact) mass is 293 g/mol. The summed E-state index contributed by atoms with van der Waals surface area (Å²) >= 11 is 0. The van der Waals surface area contributed by atoms with Gasteiger partial charge in [-0.1, -0.05) is 13.0 Å². The second kappa shape index (κ2) is 5.18. The molecule has 110 valence electrons. The minimum Gasteiger partial charge on any atom is -0.454 e. The van der Waals surface area contributed by atoms with Gasteiger partial charge in [0.15, 0.2) is 17.3 Å². The first-order valence-corrected chi connectivity index (χ1v) is 7.24. The minimum atomic E-state index is 0.273. The van der Waals surface area contributed by atoms with Crippen molar-refractivity contribution in [1.82, 2.24) is 14.5 Å². The van der Waals surface area contributed by atoms with Crippen molar-refractivity contribution >= 4 is 0 Å². The topological polar surface area (TPSA) is 49.2 Å². The molecule has 1 aromatic carbocycles. The summed E-state index contributed by atoms with van der Waals surface area (Å²) in [6.07, 6.45) is 6.56. The van der Waals surface area contributed by atoms with Gasteiger partial charge in [-0.05, 0) is 30.2 Å². The lowest BCUT2D eigenvalue weighted by Gasteiger charge is -2.08. The van der Waals surface area contributed by atoms with Crippen LogP contribution in [0.1, 0.15) is 12.5 Å². The fourth-order valence-electron chi connectivity index (χ4n) is 2.50. The molecule has 0 amide bonds. The zero-order chi connectivity index (χ0) is 14.9. The molecule has 2 aromatic heterocycles. The number of hydrogen-bond acceptors (Lipinski definition) is 4. The van der Waals surface area contributed by atoms with Crippen LogP contribution >= 0.6 is 0 Å². The van der Waals surface area contributed by atoms with E-state index >= 15 is 0 Å². The van der Waals surface area contributed by atoms with Crippen LogP contribution in [0.5, 0.6) is 11.5 Å². The predicted molar refractivity (Wildman–Crippen MR) is 82.3 cm³/mol. The van der Waals surface area contributed by atoms with Crippen LogP contribution in [0.3, 0.4) is 0 Å². The lowest BCUT2D eigenvalue weighted by Crippen LogP contribution is -1.98. The number of hydrogen-bond donors (Lipinski definition) is 0. The molecule has 0 bridgehead atoms.